The Hall–Kier alpha value is -0.610. The van der Waals surface area contributed by atoms with E-state index in [0.717, 1.165) is 6.42 Å². The number of hydrogen-bond acceptors (Lipinski definition) is 3. The van der Waals surface area contributed by atoms with Gasteiger partial charge in [-0.3, -0.25) is 10.1 Å². The van der Waals surface area contributed by atoms with Crippen molar-refractivity contribution in [3.63, 3.8) is 0 Å². The number of carboxylic acid groups (broad SMARTS) is 1. The molecule has 0 amide bonds. The molecule has 0 aliphatic heterocycles. The monoisotopic (exact) mass is 217 g/mol. The maximum absolute atomic E-state index is 11.2. The predicted molar refractivity (Wildman–Crippen MR) is 60.0 cm³/mol. The first-order valence-electron chi connectivity index (χ1n) is 5.52. The Bertz CT molecular complexity index is 190. The van der Waals surface area contributed by atoms with E-state index in [-0.39, 0.29) is 6.04 Å². The molecule has 2 N–H and O–H groups in total. The third kappa shape index (κ3) is 4.18. The zero-order valence-corrected chi connectivity index (χ0v) is 10.2. The topological polar surface area (TPSA) is 58.6 Å². The fraction of sp³-hybridized carbons (Fsp3) is 0.909. The standard InChI is InChI=1S/C11H23NO3/c1-5-11(6-2,10(13)14)12-9(3)7-8-15-4/h9,12H,5-8H2,1-4H3,(H,13,14). The number of rotatable bonds is 8. The van der Waals surface area contributed by atoms with Gasteiger partial charge < -0.3 is 9.84 Å². The Morgan fingerprint density at radius 3 is 2.33 bits per heavy atom. The van der Waals surface area contributed by atoms with E-state index in [1.807, 2.05) is 20.8 Å². The average Bonchev–Trinajstić information content (AvgIpc) is 2.22. The van der Waals surface area contributed by atoms with Crippen molar-refractivity contribution in [1.82, 2.24) is 5.32 Å². The maximum Gasteiger partial charge on any atom is 0.323 e. The van der Waals surface area contributed by atoms with Crippen LogP contribution in [0.1, 0.15) is 40.0 Å². The van der Waals surface area contributed by atoms with E-state index < -0.39 is 11.5 Å². The Labute approximate surface area is 92.0 Å². The number of hydrogen-bond donors (Lipinski definition) is 2. The van der Waals surface area contributed by atoms with Crippen molar-refractivity contribution in [2.24, 2.45) is 0 Å². The predicted octanol–water partition coefficient (Wildman–Crippen LogP) is 1.64. The van der Waals surface area contributed by atoms with Crippen LogP contribution in [0.25, 0.3) is 0 Å². The second-order valence-electron chi connectivity index (χ2n) is 3.92. The molecule has 15 heavy (non-hydrogen) atoms. The lowest BCUT2D eigenvalue weighted by molar-refractivity contribution is -0.145. The Morgan fingerprint density at radius 1 is 1.47 bits per heavy atom. The van der Waals surface area contributed by atoms with Crippen LogP contribution < -0.4 is 5.32 Å². The van der Waals surface area contributed by atoms with Gasteiger partial charge in [-0.2, -0.15) is 0 Å². The molecular formula is C11H23NO3. The molecule has 0 aromatic heterocycles. The second kappa shape index (κ2) is 6.80. The van der Waals surface area contributed by atoms with Crippen LogP contribution in [-0.4, -0.2) is 36.4 Å². The summed E-state index contributed by atoms with van der Waals surface area (Å²) in [6.07, 6.45) is 2.01. The molecule has 0 heterocycles. The van der Waals surface area contributed by atoms with Gasteiger partial charge in [-0.1, -0.05) is 13.8 Å². The minimum atomic E-state index is -0.785. The summed E-state index contributed by atoms with van der Waals surface area (Å²) < 4.78 is 4.97. The van der Waals surface area contributed by atoms with Gasteiger partial charge in [0.2, 0.25) is 0 Å². The van der Waals surface area contributed by atoms with Crippen molar-refractivity contribution >= 4 is 5.97 Å². The van der Waals surface area contributed by atoms with Crippen LogP contribution in [0.3, 0.4) is 0 Å². The maximum atomic E-state index is 11.2. The third-order valence-electron chi connectivity index (χ3n) is 2.89. The van der Waals surface area contributed by atoms with E-state index in [2.05, 4.69) is 5.32 Å². The summed E-state index contributed by atoms with van der Waals surface area (Å²) in [4.78, 5) is 11.2. The van der Waals surface area contributed by atoms with Crippen molar-refractivity contribution < 1.29 is 14.6 Å². The van der Waals surface area contributed by atoms with Crippen molar-refractivity contribution in [2.75, 3.05) is 13.7 Å². The SMILES string of the molecule is CCC(CC)(NC(C)CCOC)C(=O)O. The lowest BCUT2D eigenvalue weighted by atomic mass is 9.91. The molecule has 0 saturated heterocycles. The van der Waals surface area contributed by atoms with E-state index in [0.29, 0.717) is 19.4 Å². The van der Waals surface area contributed by atoms with Crippen LogP contribution in [0.15, 0.2) is 0 Å². The number of carbonyl (C=O) groups is 1. The summed E-state index contributed by atoms with van der Waals surface area (Å²) in [5, 5.41) is 12.4. The normalized spacial score (nSPS) is 13.9. The van der Waals surface area contributed by atoms with Crippen molar-refractivity contribution in [1.29, 1.82) is 0 Å². The second-order valence-corrected chi connectivity index (χ2v) is 3.92. The smallest absolute Gasteiger partial charge is 0.323 e. The van der Waals surface area contributed by atoms with Crippen LogP contribution in [0.5, 0.6) is 0 Å². The molecule has 0 fully saturated rings. The van der Waals surface area contributed by atoms with Crippen LogP contribution >= 0.6 is 0 Å². The van der Waals surface area contributed by atoms with Gasteiger partial charge in [0.15, 0.2) is 0 Å². The lowest BCUT2D eigenvalue weighted by Crippen LogP contribution is -2.54. The van der Waals surface area contributed by atoms with E-state index in [1.54, 1.807) is 7.11 Å². The Morgan fingerprint density at radius 2 is 2.00 bits per heavy atom. The highest BCUT2D eigenvalue weighted by Crippen LogP contribution is 2.17. The number of carboxylic acids is 1. The Balaban J connectivity index is 4.33. The molecule has 0 aromatic rings. The molecule has 4 nitrogen and oxygen atoms in total. The fourth-order valence-electron chi connectivity index (χ4n) is 1.66. The van der Waals surface area contributed by atoms with Gasteiger partial charge in [0.25, 0.3) is 0 Å². The highest BCUT2D eigenvalue weighted by Gasteiger charge is 2.35. The Kier molecular flexibility index (Phi) is 6.52. The molecule has 0 bridgehead atoms. The molecule has 1 atom stereocenters. The number of aliphatic carboxylic acids is 1. The van der Waals surface area contributed by atoms with Gasteiger partial charge >= 0.3 is 5.97 Å². The van der Waals surface area contributed by atoms with Crippen molar-refractivity contribution in [2.45, 2.75) is 51.6 Å². The van der Waals surface area contributed by atoms with Crippen LogP contribution in [-0.2, 0) is 9.53 Å². The largest absolute Gasteiger partial charge is 0.480 e. The van der Waals surface area contributed by atoms with Crippen LogP contribution in [0.2, 0.25) is 0 Å². The van der Waals surface area contributed by atoms with E-state index in [4.69, 9.17) is 4.74 Å². The first-order chi connectivity index (χ1) is 7.02. The highest BCUT2D eigenvalue weighted by atomic mass is 16.5. The summed E-state index contributed by atoms with van der Waals surface area (Å²) in [5.41, 5.74) is -0.785. The lowest BCUT2D eigenvalue weighted by Gasteiger charge is -2.31. The molecule has 1 unspecified atom stereocenters. The zero-order chi connectivity index (χ0) is 11.9. The molecule has 4 heteroatoms. The molecule has 90 valence electrons. The third-order valence-corrected chi connectivity index (χ3v) is 2.89. The summed E-state index contributed by atoms with van der Waals surface area (Å²) in [7, 11) is 1.65. The number of methoxy groups -OCH3 is 1. The molecule has 0 saturated carbocycles. The fourth-order valence-corrected chi connectivity index (χ4v) is 1.66. The first kappa shape index (κ1) is 14.4. The van der Waals surface area contributed by atoms with Crippen molar-refractivity contribution in [3.8, 4) is 0 Å². The van der Waals surface area contributed by atoms with Gasteiger partial charge in [-0.05, 0) is 26.2 Å². The minimum Gasteiger partial charge on any atom is -0.480 e. The summed E-state index contributed by atoms with van der Waals surface area (Å²) in [6.45, 7) is 6.43. The molecule has 0 aliphatic carbocycles. The zero-order valence-electron chi connectivity index (χ0n) is 10.2. The molecule has 0 aliphatic rings. The molecule has 0 aromatic carbocycles. The highest BCUT2D eigenvalue weighted by molar-refractivity contribution is 5.78. The molecule has 0 spiro atoms. The molecule has 0 rings (SSSR count). The van der Waals surface area contributed by atoms with Gasteiger partial charge in [0.05, 0.1) is 0 Å². The number of nitrogens with one attached hydrogen (secondary N) is 1. The summed E-state index contributed by atoms with van der Waals surface area (Å²) >= 11 is 0. The quantitative estimate of drug-likeness (QED) is 0.649. The molecule has 0 radical (unpaired) electrons. The summed E-state index contributed by atoms with van der Waals surface area (Å²) in [6, 6.07) is 0.154. The minimum absolute atomic E-state index is 0.154. The first-order valence-corrected chi connectivity index (χ1v) is 5.52. The van der Waals surface area contributed by atoms with E-state index in [9.17, 15) is 9.90 Å². The van der Waals surface area contributed by atoms with Gasteiger partial charge in [-0.15, -0.1) is 0 Å². The molecular weight excluding hydrogens is 194 g/mol. The van der Waals surface area contributed by atoms with E-state index >= 15 is 0 Å². The van der Waals surface area contributed by atoms with Gasteiger partial charge in [0.1, 0.15) is 5.54 Å². The summed E-state index contributed by atoms with van der Waals surface area (Å²) in [5.74, 6) is -0.767. The number of ether oxygens (including phenoxy) is 1. The van der Waals surface area contributed by atoms with Crippen LogP contribution in [0.4, 0.5) is 0 Å². The van der Waals surface area contributed by atoms with Gasteiger partial charge in [-0.25, -0.2) is 0 Å². The van der Waals surface area contributed by atoms with Gasteiger partial charge in [0, 0.05) is 19.8 Å². The average molecular weight is 217 g/mol. The van der Waals surface area contributed by atoms with Crippen LogP contribution in [0, 0.1) is 0 Å². The van der Waals surface area contributed by atoms with Crippen molar-refractivity contribution in [3.05, 3.63) is 0 Å². The van der Waals surface area contributed by atoms with E-state index in [1.165, 1.54) is 0 Å².